The van der Waals surface area contributed by atoms with Crippen LogP contribution in [0.3, 0.4) is 0 Å². The molecule has 0 unspecified atom stereocenters. The number of halogens is 1. The average molecular weight is 289 g/mol. The van der Waals surface area contributed by atoms with Crippen LogP contribution in [0.4, 0.5) is 5.69 Å². The van der Waals surface area contributed by atoms with Gasteiger partial charge in [-0.3, -0.25) is 4.79 Å². The van der Waals surface area contributed by atoms with Crippen LogP contribution in [-0.2, 0) is 6.54 Å². The fraction of sp³-hybridized carbons (Fsp3) is 0.188. The Hall–Kier alpha value is -2.00. The summed E-state index contributed by atoms with van der Waals surface area (Å²) in [6.45, 7) is 2.38. The van der Waals surface area contributed by atoms with Gasteiger partial charge in [-0.1, -0.05) is 35.9 Å². The molecule has 2 rings (SSSR count). The summed E-state index contributed by atoms with van der Waals surface area (Å²) in [7, 11) is 1.75. The van der Waals surface area contributed by atoms with Crippen molar-refractivity contribution in [2.24, 2.45) is 0 Å². The molecular formula is C16H17ClN2O. The minimum atomic E-state index is -0.0739. The van der Waals surface area contributed by atoms with Gasteiger partial charge in [-0.15, -0.1) is 0 Å². The van der Waals surface area contributed by atoms with E-state index in [9.17, 15) is 4.79 Å². The Kier molecular flexibility index (Phi) is 4.30. The van der Waals surface area contributed by atoms with Crippen molar-refractivity contribution in [3.05, 3.63) is 64.2 Å². The molecule has 0 heterocycles. The van der Waals surface area contributed by atoms with Crippen molar-refractivity contribution in [3.8, 4) is 0 Å². The molecule has 3 nitrogen and oxygen atoms in total. The molecule has 0 spiro atoms. The number of carbonyl (C=O) groups excluding carboxylic acids is 1. The number of para-hydroxylation sites is 1. The number of benzene rings is 2. The molecule has 2 N–H and O–H groups in total. The van der Waals surface area contributed by atoms with Gasteiger partial charge < -0.3 is 10.6 Å². The first-order chi connectivity index (χ1) is 9.49. The summed E-state index contributed by atoms with van der Waals surface area (Å²) in [6, 6.07) is 12.9. The van der Waals surface area contributed by atoms with Gasteiger partial charge in [0.1, 0.15) is 0 Å². The lowest BCUT2D eigenvalue weighted by atomic mass is 10.1. The average Bonchev–Trinajstić information content (AvgIpc) is 2.43. The monoisotopic (exact) mass is 288 g/mol. The molecule has 104 valence electrons. The Bertz CT molecular complexity index is 640. The van der Waals surface area contributed by atoms with Gasteiger partial charge >= 0.3 is 0 Å². The summed E-state index contributed by atoms with van der Waals surface area (Å²) in [6.07, 6.45) is 0. The number of nitrogens with two attached hydrogens (primary N) is 1. The summed E-state index contributed by atoms with van der Waals surface area (Å²) in [4.78, 5) is 14.0. The van der Waals surface area contributed by atoms with Crippen molar-refractivity contribution < 1.29 is 4.79 Å². The highest BCUT2D eigenvalue weighted by atomic mass is 35.5. The second-order valence-corrected chi connectivity index (χ2v) is 5.23. The second kappa shape index (κ2) is 5.97. The number of aryl methyl sites for hydroxylation is 1. The SMILES string of the molecule is Cc1ccc(C(=O)N(C)Cc2ccccc2N)cc1Cl. The Morgan fingerprint density at radius 2 is 1.95 bits per heavy atom. The van der Waals surface area contributed by atoms with E-state index < -0.39 is 0 Å². The van der Waals surface area contributed by atoms with Gasteiger partial charge in [0.15, 0.2) is 0 Å². The van der Waals surface area contributed by atoms with Crippen LogP contribution >= 0.6 is 11.6 Å². The third-order valence-corrected chi connectivity index (χ3v) is 3.64. The Morgan fingerprint density at radius 3 is 2.60 bits per heavy atom. The van der Waals surface area contributed by atoms with Gasteiger partial charge in [0.05, 0.1) is 0 Å². The minimum absolute atomic E-state index is 0.0739. The molecule has 0 radical (unpaired) electrons. The highest BCUT2D eigenvalue weighted by molar-refractivity contribution is 6.31. The zero-order valence-electron chi connectivity index (χ0n) is 11.6. The summed E-state index contributed by atoms with van der Waals surface area (Å²) in [5.74, 6) is -0.0739. The van der Waals surface area contributed by atoms with Crippen LogP contribution in [0.1, 0.15) is 21.5 Å². The molecule has 0 fully saturated rings. The number of nitrogen functional groups attached to an aromatic ring is 1. The molecule has 4 heteroatoms. The minimum Gasteiger partial charge on any atom is -0.398 e. The van der Waals surface area contributed by atoms with Crippen LogP contribution in [-0.4, -0.2) is 17.9 Å². The Balaban J connectivity index is 2.16. The number of nitrogens with zero attached hydrogens (tertiary/aromatic N) is 1. The predicted octanol–water partition coefficient (Wildman–Crippen LogP) is 3.50. The van der Waals surface area contributed by atoms with Crippen LogP contribution in [0, 0.1) is 6.92 Å². The zero-order valence-corrected chi connectivity index (χ0v) is 12.3. The molecule has 0 atom stereocenters. The first-order valence-corrected chi connectivity index (χ1v) is 6.72. The van der Waals surface area contributed by atoms with Crippen molar-refractivity contribution in [2.75, 3.05) is 12.8 Å². The Labute approximate surface area is 124 Å². The Morgan fingerprint density at radius 1 is 1.25 bits per heavy atom. The molecule has 1 amide bonds. The van der Waals surface area contributed by atoms with Gasteiger partial charge in [0.25, 0.3) is 5.91 Å². The predicted molar refractivity (Wildman–Crippen MR) is 82.8 cm³/mol. The molecule has 0 bridgehead atoms. The highest BCUT2D eigenvalue weighted by Crippen LogP contribution is 2.19. The molecular weight excluding hydrogens is 272 g/mol. The maximum absolute atomic E-state index is 12.4. The molecule has 0 aromatic heterocycles. The van der Waals surface area contributed by atoms with E-state index in [1.807, 2.05) is 37.3 Å². The fourth-order valence-electron chi connectivity index (χ4n) is 1.95. The van der Waals surface area contributed by atoms with Crippen molar-refractivity contribution in [1.29, 1.82) is 0 Å². The van der Waals surface area contributed by atoms with Gasteiger partial charge in [-0.25, -0.2) is 0 Å². The van der Waals surface area contributed by atoms with Gasteiger partial charge in [0, 0.05) is 29.9 Å². The van der Waals surface area contributed by atoms with E-state index in [0.717, 1.165) is 11.1 Å². The number of carbonyl (C=O) groups is 1. The number of rotatable bonds is 3. The fourth-order valence-corrected chi connectivity index (χ4v) is 2.13. The third kappa shape index (κ3) is 3.11. The van der Waals surface area contributed by atoms with Crippen LogP contribution in [0.15, 0.2) is 42.5 Å². The number of hydrogen-bond acceptors (Lipinski definition) is 2. The van der Waals surface area contributed by atoms with E-state index in [1.54, 1.807) is 24.1 Å². The van der Waals surface area contributed by atoms with E-state index >= 15 is 0 Å². The van der Waals surface area contributed by atoms with E-state index in [-0.39, 0.29) is 5.91 Å². The van der Waals surface area contributed by atoms with Crippen molar-refractivity contribution in [3.63, 3.8) is 0 Å². The summed E-state index contributed by atoms with van der Waals surface area (Å²) in [5.41, 5.74) is 9.05. The van der Waals surface area contributed by atoms with E-state index in [4.69, 9.17) is 17.3 Å². The van der Waals surface area contributed by atoms with Crippen LogP contribution < -0.4 is 5.73 Å². The van der Waals surface area contributed by atoms with Gasteiger partial charge in [-0.2, -0.15) is 0 Å². The molecule has 0 saturated heterocycles. The van der Waals surface area contributed by atoms with Crippen molar-refractivity contribution in [2.45, 2.75) is 13.5 Å². The number of amides is 1. The largest absolute Gasteiger partial charge is 0.398 e. The van der Waals surface area contributed by atoms with Crippen molar-refractivity contribution in [1.82, 2.24) is 4.90 Å². The van der Waals surface area contributed by atoms with E-state index in [1.165, 1.54) is 0 Å². The molecule has 0 aliphatic heterocycles. The van der Waals surface area contributed by atoms with E-state index in [2.05, 4.69) is 0 Å². The number of hydrogen-bond donors (Lipinski definition) is 1. The van der Waals surface area contributed by atoms with Crippen LogP contribution in [0.5, 0.6) is 0 Å². The molecule has 0 saturated carbocycles. The van der Waals surface area contributed by atoms with Gasteiger partial charge in [0.2, 0.25) is 0 Å². The summed E-state index contributed by atoms with van der Waals surface area (Å²) >= 11 is 6.06. The van der Waals surface area contributed by atoms with E-state index in [0.29, 0.717) is 22.8 Å². The molecule has 2 aromatic carbocycles. The van der Waals surface area contributed by atoms with Crippen molar-refractivity contribution >= 4 is 23.2 Å². The lowest BCUT2D eigenvalue weighted by Crippen LogP contribution is -2.26. The first kappa shape index (κ1) is 14.4. The smallest absolute Gasteiger partial charge is 0.253 e. The molecule has 20 heavy (non-hydrogen) atoms. The maximum atomic E-state index is 12.4. The number of anilines is 1. The van der Waals surface area contributed by atoms with Crippen LogP contribution in [0.25, 0.3) is 0 Å². The third-order valence-electron chi connectivity index (χ3n) is 3.23. The van der Waals surface area contributed by atoms with Crippen LogP contribution in [0.2, 0.25) is 5.02 Å². The lowest BCUT2D eigenvalue weighted by molar-refractivity contribution is 0.0785. The molecule has 0 aliphatic carbocycles. The van der Waals surface area contributed by atoms with Gasteiger partial charge in [-0.05, 0) is 36.2 Å². The lowest BCUT2D eigenvalue weighted by Gasteiger charge is -2.18. The standard InChI is InChI=1S/C16H17ClN2O/c1-11-7-8-12(9-14(11)17)16(20)19(2)10-13-5-3-4-6-15(13)18/h3-9H,10,18H2,1-2H3. The molecule has 2 aromatic rings. The summed E-state index contributed by atoms with van der Waals surface area (Å²) in [5, 5.41) is 0.600. The quantitative estimate of drug-likeness (QED) is 0.879. The highest BCUT2D eigenvalue weighted by Gasteiger charge is 2.13. The zero-order chi connectivity index (χ0) is 14.7. The first-order valence-electron chi connectivity index (χ1n) is 6.34. The topological polar surface area (TPSA) is 46.3 Å². The summed E-state index contributed by atoms with van der Waals surface area (Å²) < 4.78 is 0. The molecule has 0 aliphatic rings. The maximum Gasteiger partial charge on any atom is 0.253 e. The second-order valence-electron chi connectivity index (χ2n) is 4.82. The normalized spacial score (nSPS) is 10.3.